The van der Waals surface area contributed by atoms with Crippen molar-refractivity contribution >= 4 is 11.9 Å². The average molecular weight is 269 g/mol. The quantitative estimate of drug-likeness (QED) is 0.824. The van der Waals surface area contributed by atoms with Gasteiger partial charge in [0.05, 0.1) is 11.8 Å². The second-order valence-corrected chi connectivity index (χ2v) is 7.14. The van der Waals surface area contributed by atoms with E-state index in [1.165, 1.54) is 0 Å². The molecule has 2 N–H and O–H groups in total. The Labute approximate surface area is 116 Å². The van der Waals surface area contributed by atoms with Crippen LogP contribution in [0, 0.1) is 29.1 Å². The first kappa shape index (κ1) is 16.0. The van der Waals surface area contributed by atoms with Gasteiger partial charge in [0.15, 0.2) is 0 Å². The van der Waals surface area contributed by atoms with E-state index in [-0.39, 0.29) is 17.2 Å². The van der Waals surface area contributed by atoms with E-state index < -0.39 is 11.9 Å². The molecule has 110 valence electrons. The van der Waals surface area contributed by atoms with E-state index >= 15 is 0 Å². The van der Waals surface area contributed by atoms with E-state index in [9.17, 15) is 14.7 Å². The molecule has 1 saturated carbocycles. The Morgan fingerprint density at radius 3 is 2.26 bits per heavy atom. The molecule has 19 heavy (non-hydrogen) atoms. The van der Waals surface area contributed by atoms with Gasteiger partial charge in [0.25, 0.3) is 0 Å². The second-order valence-electron chi connectivity index (χ2n) is 7.14. The Morgan fingerprint density at radius 2 is 1.79 bits per heavy atom. The minimum absolute atomic E-state index is 0.0900. The van der Waals surface area contributed by atoms with Crippen molar-refractivity contribution in [3.63, 3.8) is 0 Å². The Balaban J connectivity index is 2.56. The molecule has 2 unspecified atom stereocenters. The maximum absolute atomic E-state index is 12.2. The number of hydrogen-bond acceptors (Lipinski definition) is 2. The van der Waals surface area contributed by atoms with Crippen LogP contribution in [0.25, 0.3) is 0 Å². The molecule has 4 nitrogen and oxygen atoms in total. The number of carbonyl (C=O) groups is 2. The molecule has 0 aliphatic heterocycles. The van der Waals surface area contributed by atoms with Crippen LogP contribution in [0.15, 0.2) is 0 Å². The third-order valence-corrected chi connectivity index (χ3v) is 4.51. The summed E-state index contributed by atoms with van der Waals surface area (Å²) in [5.74, 6) is -1.13. The third-order valence-electron chi connectivity index (χ3n) is 4.51. The fourth-order valence-corrected chi connectivity index (χ4v) is 2.55. The zero-order valence-electron chi connectivity index (χ0n) is 12.7. The number of carboxylic acid groups (broad SMARTS) is 1. The minimum atomic E-state index is -0.839. The Hall–Kier alpha value is -1.06. The minimum Gasteiger partial charge on any atom is -0.481 e. The van der Waals surface area contributed by atoms with Gasteiger partial charge in [-0.3, -0.25) is 9.59 Å². The van der Waals surface area contributed by atoms with Crippen LogP contribution in [0.2, 0.25) is 0 Å². The van der Waals surface area contributed by atoms with E-state index in [4.69, 9.17) is 0 Å². The molecule has 1 rings (SSSR count). The van der Waals surface area contributed by atoms with Gasteiger partial charge in [-0.05, 0) is 30.1 Å². The van der Waals surface area contributed by atoms with Crippen molar-refractivity contribution in [2.45, 2.75) is 47.5 Å². The SMILES string of the molecule is CC1C[C@H](C(=O)NCC(C)C(C)(C)C)[C@H](C(=O)O)C1. The lowest BCUT2D eigenvalue weighted by Crippen LogP contribution is -2.39. The molecule has 0 aromatic carbocycles. The van der Waals surface area contributed by atoms with Gasteiger partial charge in [0, 0.05) is 6.54 Å². The zero-order chi connectivity index (χ0) is 14.8. The summed E-state index contributed by atoms with van der Waals surface area (Å²) in [4.78, 5) is 23.3. The maximum atomic E-state index is 12.2. The molecule has 0 aromatic heterocycles. The van der Waals surface area contributed by atoms with Crippen LogP contribution in [0.3, 0.4) is 0 Å². The highest BCUT2D eigenvalue weighted by molar-refractivity contribution is 5.85. The molecule has 0 bridgehead atoms. The van der Waals surface area contributed by atoms with Crippen LogP contribution in [-0.2, 0) is 9.59 Å². The maximum Gasteiger partial charge on any atom is 0.307 e. The first-order valence-corrected chi connectivity index (χ1v) is 7.13. The molecule has 0 radical (unpaired) electrons. The Kier molecular flexibility index (Phi) is 4.99. The lowest BCUT2D eigenvalue weighted by atomic mass is 9.82. The molecule has 1 aliphatic carbocycles. The molecule has 0 heterocycles. The van der Waals surface area contributed by atoms with E-state index in [0.717, 1.165) is 0 Å². The van der Waals surface area contributed by atoms with E-state index in [1.807, 2.05) is 6.92 Å². The third kappa shape index (κ3) is 4.22. The van der Waals surface area contributed by atoms with Crippen molar-refractivity contribution in [2.75, 3.05) is 6.54 Å². The summed E-state index contributed by atoms with van der Waals surface area (Å²) in [7, 11) is 0. The van der Waals surface area contributed by atoms with Gasteiger partial charge < -0.3 is 10.4 Å². The normalized spacial score (nSPS) is 29.0. The standard InChI is InChI=1S/C15H27NO3/c1-9-6-11(12(7-9)14(18)19)13(17)16-8-10(2)15(3,4)5/h9-12H,6-8H2,1-5H3,(H,16,17)(H,18,19)/t9?,10?,11-,12+/m0/s1. The van der Waals surface area contributed by atoms with E-state index in [1.54, 1.807) is 0 Å². The fraction of sp³-hybridized carbons (Fsp3) is 0.867. The van der Waals surface area contributed by atoms with Gasteiger partial charge in [-0.15, -0.1) is 0 Å². The number of hydrogen-bond donors (Lipinski definition) is 2. The second kappa shape index (κ2) is 5.93. The summed E-state index contributed by atoms with van der Waals surface area (Å²) >= 11 is 0. The van der Waals surface area contributed by atoms with E-state index in [0.29, 0.717) is 31.2 Å². The van der Waals surface area contributed by atoms with Gasteiger partial charge in [-0.2, -0.15) is 0 Å². The van der Waals surface area contributed by atoms with Gasteiger partial charge in [0.2, 0.25) is 5.91 Å². The fourth-order valence-electron chi connectivity index (χ4n) is 2.55. The predicted octanol–water partition coefficient (Wildman–Crippen LogP) is 2.53. The molecular formula is C15H27NO3. The number of carboxylic acids is 1. The zero-order valence-corrected chi connectivity index (χ0v) is 12.7. The van der Waals surface area contributed by atoms with Crippen molar-refractivity contribution in [1.29, 1.82) is 0 Å². The van der Waals surface area contributed by atoms with E-state index in [2.05, 4.69) is 33.0 Å². The summed E-state index contributed by atoms with van der Waals surface area (Å²) in [6, 6.07) is 0. The molecule has 1 aliphatic rings. The van der Waals surface area contributed by atoms with Crippen molar-refractivity contribution in [3.05, 3.63) is 0 Å². The molecular weight excluding hydrogens is 242 g/mol. The summed E-state index contributed by atoms with van der Waals surface area (Å²) in [6.45, 7) is 11.2. The molecule has 4 heteroatoms. The number of nitrogens with one attached hydrogen (secondary N) is 1. The largest absolute Gasteiger partial charge is 0.481 e. The van der Waals surface area contributed by atoms with Gasteiger partial charge in [-0.1, -0.05) is 34.6 Å². The van der Waals surface area contributed by atoms with Gasteiger partial charge in [-0.25, -0.2) is 0 Å². The summed E-state index contributed by atoms with van der Waals surface area (Å²) in [5, 5.41) is 12.1. The number of amides is 1. The molecule has 4 atom stereocenters. The smallest absolute Gasteiger partial charge is 0.307 e. The summed E-state index contributed by atoms with van der Waals surface area (Å²) in [5.41, 5.74) is 0.141. The highest BCUT2D eigenvalue weighted by Crippen LogP contribution is 2.36. The van der Waals surface area contributed by atoms with Crippen LogP contribution >= 0.6 is 0 Å². The number of rotatable bonds is 4. The number of aliphatic carboxylic acids is 1. The van der Waals surface area contributed by atoms with Crippen molar-refractivity contribution in [3.8, 4) is 0 Å². The number of carbonyl (C=O) groups excluding carboxylic acids is 1. The van der Waals surface area contributed by atoms with Crippen molar-refractivity contribution in [1.82, 2.24) is 5.32 Å². The Morgan fingerprint density at radius 1 is 1.26 bits per heavy atom. The van der Waals surface area contributed by atoms with Crippen LogP contribution < -0.4 is 5.32 Å². The monoisotopic (exact) mass is 269 g/mol. The van der Waals surface area contributed by atoms with Gasteiger partial charge in [0.1, 0.15) is 0 Å². The lowest BCUT2D eigenvalue weighted by Gasteiger charge is -2.28. The summed E-state index contributed by atoms with van der Waals surface area (Å²) < 4.78 is 0. The highest BCUT2D eigenvalue weighted by atomic mass is 16.4. The Bertz CT molecular complexity index is 346. The molecule has 1 amide bonds. The first-order chi connectivity index (χ1) is 8.62. The van der Waals surface area contributed by atoms with Crippen LogP contribution in [-0.4, -0.2) is 23.5 Å². The topological polar surface area (TPSA) is 66.4 Å². The van der Waals surface area contributed by atoms with Gasteiger partial charge >= 0.3 is 5.97 Å². The van der Waals surface area contributed by atoms with Crippen molar-refractivity contribution in [2.24, 2.45) is 29.1 Å². The average Bonchev–Trinajstić information content (AvgIpc) is 2.66. The van der Waals surface area contributed by atoms with Crippen LogP contribution in [0.5, 0.6) is 0 Å². The molecule has 1 fully saturated rings. The van der Waals surface area contributed by atoms with Crippen LogP contribution in [0.1, 0.15) is 47.5 Å². The van der Waals surface area contributed by atoms with Crippen LogP contribution in [0.4, 0.5) is 0 Å². The highest BCUT2D eigenvalue weighted by Gasteiger charge is 2.41. The summed E-state index contributed by atoms with van der Waals surface area (Å²) in [6.07, 6.45) is 1.30. The lowest BCUT2D eigenvalue weighted by molar-refractivity contribution is -0.146. The molecule has 0 saturated heterocycles. The molecule has 0 spiro atoms. The predicted molar refractivity (Wildman–Crippen MR) is 74.6 cm³/mol. The molecule has 0 aromatic rings. The first-order valence-electron chi connectivity index (χ1n) is 7.13. The van der Waals surface area contributed by atoms with Crippen molar-refractivity contribution < 1.29 is 14.7 Å².